The van der Waals surface area contributed by atoms with Crippen LogP contribution in [0.25, 0.3) is 0 Å². The van der Waals surface area contributed by atoms with Crippen LogP contribution in [0.2, 0.25) is 5.02 Å². The maximum absolute atomic E-state index is 11.8. The fraction of sp³-hybridized carbons (Fsp3) is 0.429. The van der Waals surface area contributed by atoms with Gasteiger partial charge in [0.15, 0.2) is 0 Å². The lowest BCUT2D eigenvalue weighted by atomic mass is 10.4. The quantitative estimate of drug-likeness (QED) is 0.859. The molecule has 0 aliphatic heterocycles. The highest BCUT2D eigenvalue weighted by molar-refractivity contribution is 6.32. The van der Waals surface area contributed by atoms with E-state index in [2.05, 4.69) is 15.3 Å². The summed E-state index contributed by atoms with van der Waals surface area (Å²) in [6.45, 7) is -0.250. The van der Waals surface area contributed by atoms with Crippen molar-refractivity contribution in [3.8, 4) is 0 Å². The zero-order valence-electron chi connectivity index (χ0n) is 6.98. The standard InChI is InChI=1S/C7H7ClF3N3/c8-5-3-12-4-14-6(5)13-2-1-7(9,10)11/h3-4H,1-2H2,(H,12,13,14). The number of alkyl halides is 3. The first-order valence-corrected chi connectivity index (χ1v) is 4.13. The predicted molar refractivity (Wildman–Crippen MR) is 46.2 cm³/mol. The Bertz CT molecular complexity index is 302. The van der Waals surface area contributed by atoms with E-state index >= 15 is 0 Å². The third-order valence-electron chi connectivity index (χ3n) is 1.37. The molecule has 0 fully saturated rings. The van der Waals surface area contributed by atoms with E-state index in [1.807, 2.05) is 0 Å². The van der Waals surface area contributed by atoms with Crippen molar-refractivity contribution in [2.45, 2.75) is 12.6 Å². The molecule has 78 valence electrons. The summed E-state index contributed by atoms with van der Waals surface area (Å²) in [7, 11) is 0. The minimum Gasteiger partial charge on any atom is -0.368 e. The number of anilines is 1. The number of halogens is 4. The summed E-state index contributed by atoms with van der Waals surface area (Å²) in [5.41, 5.74) is 0. The lowest BCUT2D eigenvalue weighted by molar-refractivity contribution is -0.131. The molecule has 0 aliphatic rings. The van der Waals surface area contributed by atoms with E-state index in [1.54, 1.807) is 0 Å². The molecule has 0 spiro atoms. The Labute approximate surface area is 83.3 Å². The van der Waals surface area contributed by atoms with E-state index in [0.29, 0.717) is 0 Å². The summed E-state index contributed by atoms with van der Waals surface area (Å²) in [4.78, 5) is 7.27. The fourth-order valence-electron chi connectivity index (χ4n) is 0.765. The van der Waals surface area contributed by atoms with Gasteiger partial charge in [0, 0.05) is 6.54 Å². The Balaban J connectivity index is 2.43. The molecule has 0 radical (unpaired) electrons. The van der Waals surface area contributed by atoms with E-state index in [0.717, 1.165) is 0 Å². The lowest BCUT2D eigenvalue weighted by Crippen LogP contribution is -2.15. The van der Waals surface area contributed by atoms with Gasteiger partial charge in [-0.25, -0.2) is 9.97 Å². The van der Waals surface area contributed by atoms with Gasteiger partial charge in [0.25, 0.3) is 0 Å². The molecule has 1 aromatic rings. The highest BCUT2D eigenvalue weighted by atomic mass is 35.5. The third kappa shape index (κ3) is 3.78. The van der Waals surface area contributed by atoms with Gasteiger partial charge in [-0.2, -0.15) is 13.2 Å². The van der Waals surface area contributed by atoms with Crippen molar-refractivity contribution in [2.24, 2.45) is 0 Å². The van der Waals surface area contributed by atoms with E-state index < -0.39 is 12.6 Å². The molecule has 0 unspecified atom stereocenters. The molecule has 0 bridgehead atoms. The van der Waals surface area contributed by atoms with Crippen LogP contribution in [0.3, 0.4) is 0 Å². The Morgan fingerprint density at radius 2 is 2.14 bits per heavy atom. The van der Waals surface area contributed by atoms with Crippen molar-refractivity contribution in [1.29, 1.82) is 0 Å². The summed E-state index contributed by atoms with van der Waals surface area (Å²) in [6, 6.07) is 0. The number of nitrogens with zero attached hydrogens (tertiary/aromatic N) is 2. The predicted octanol–water partition coefficient (Wildman–Crippen LogP) is 2.49. The van der Waals surface area contributed by atoms with Crippen molar-refractivity contribution >= 4 is 17.4 Å². The maximum Gasteiger partial charge on any atom is 0.390 e. The van der Waals surface area contributed by atoms with Crippen molar-refractivity contribution in [2.75, 3.05) is 11.9 Å². The van der Waals surface area contributed by atoms with Gasteiger partial charge in [-0.15, -0.1) is 0 Å². The first kappa shape index (κ1) is 11.0. The van der Waals surface area contributed by atoms with Crippen LogP contribution >= 0.6 is 11.6 Å². The average Bonchev–Trinajstić information content (AvgIpc) is 2.06. The Morgan fingerprint density at radius 3 is 2.71 bits per heavy atom. The smallest absolute Gasteiger partial charge is 0.368 e. The number of hydrogen-bond donors (Lipinski definition) is 1. The van der Waals surface area contributed by atoms with Crippen LogP contribution in [-0.2, 0) is 0 Å². The fourth-order valence-corrected chi connectivity index (χ4v) is 0.937. The van der Waals surface area contributed by atoms with Crippen LogP contribution in [-0.4, -0.2) is 22.7 Å². The first-order chi connectivity index (χ1) is 6.49. The number of aromatic nitrogens is 2. The minimum absolute atomic E-state index is 0.203. The van der Waals surface area contributed by atoms with Crippen molar-refractivity contribution in [3.05, 3.63) is 17.5 Å². The molecule has 14 heavy (non-hydrogen) atoms. The second kappa shape index (κ2) is 4.45. The van der Waals surface area contributed by atoms with Crippen LogP contribution in [0.4, 0.5) is 19.0 Å². The molecule has 3 nitrogen and oxygen atoms in total. The molecule has 1 rings (SSSR count). The molecule has 0 saturated heterocycles. The van der Waals surface area contributed by atoms with Gasteiger partial charge in [0.1, 0.15) is 17.2 Å². The van der Waals surface area contributed by atoms with Gasteiger partial charge in [-0.05, 0) is 0 Å². The second-order valence-electron chi connectivity index (χ2n) is 2.51. The molecule has 0 aromatic carbocycles. The molecular formula is C7H7ClF3N3. The number of hydrogen-bond acceptors (Lipinski definition) is 3. The van der Waals surface area contributed by atoms with Gasteiger partial charge >= 0.3 is 6.18 Å². The second-order valence-corrected chi connectivity index (χ2v) is 2.92. The lowest BCUT2D eigenvalue weighted by Gasteiger charge is -2.08. The molecule has 0 saturated carbocycles. The highest BCUT2D eigenvalue weighted by Gasteiger charge is 2.26. The van der Waals surface area contributed by atoms with E-state index in [-0.39, 0.29) is 17.4 Å². The summed E-state index contributed by atoms with van der Waals surface area (Å²) in [5.74, 6) is 0.214. The van der Waals surface area contributed by atoms with Crippen LogP contribution in [0.5, 0.6) is 0 Å². The SMILES string of the molecule is FC(F)(F)CCNc1ncncc1Cl. The van der Waals surface area contributed by atoms with Gasteiger partial charge in [-0.1, -0.05) is 11.6 Å². The number of rotatable bonds is 3. The van der Waals surface area contributed by atoms with Gasteiger partial charge < -0.3 is 5.32 Å². The number of nitrogens with one attached hydrogen (secondary N) is 1. The monoisotopic (exact) mass is 225 g/mol. The zero-order chi connectivity index (χ0) is 10.6. The van der Waals surface area contributed by atoms with E-state index in [1.165, 1.54) is 12.5 Å². The molecule has 0 atom stereocenters. The van der Waals surface area contributed by atoms with Crippen LogP contribution in [0.15, 0.2) is 12.5 Å². The van der Waals surface area contributed by atoms with Crippen LogP contribution < -0.4 is 5.32 Å². The molecule has 0 amide bonds. The molecule has 7 heteroatoms. The minimum atomic E-state index is -4.17. The van der Waals surface area contributed by atoms with Crippen molar-refractivity contribution < 1.29 is 13.2 Å². The van der Waals surface area contributed by atoms with Gasteiger partial charge in [0.2, 0.25) is 0 Å². The molecule has 1 N–H and O–H groups in total. The largest absolute Gasteiger partial charge is 0.390 e. The van der Waals surface area contributed by atoms with E-state index in [4.69, 9.17) is 11.6 Å². The Morgan fingerprint density at radius 1 is 1.43 bits per heavy atom. The van der Waals surface area contributed by atoms with Crippen LogP contribution in [0.1, 0.15) is 6.42 Å². The normalized spacial score (nSPS) is 11.4. The summed E-state index contributed by atoms with van der Waals surface area (Å²) in [6.07, 6.45) is -2.58. The Hall–Kier alpha value is -1.04. The molecule has 1 heterocycles. The zero-order valence-corrected chi connectivity index (χ0v) is 7.73. The summed E-state index contributed by atoms with van der Waals surface area (Å²) in [5, 5.41) is 2.67. The molecule has 0 aliphatic carbocycles. The van der Waals surface area contributed by atoms with Gasteiger partial charge in [0.05, 0.1) is 12.6 Å². The summed E-state index contributed by atoms with van der Waals surface area (Å²) < 4.78 is 35.3. The van der Waals surface area contributed by atoms with Crippen LogP contribution in [0, 0.1) is 0 Å². The van der Waals surface area contributed by atoms with Crippen molar-refractivity contribution in [3.63, 3.8) is 0 Å². The van der Waals surface area contributed by atoms with Crippen molar-refractivity contribution in [1.82, 2.24) is 9.97 Å². The highest BCUT2D eigenvalue weighted by Crippen LogP contribution is 2.21. The summed E-state index contributed by atoms with van der Waals surface area (Å²) >= 11 is 5.61. The molecule has 1 aromatic heterocycles. The average molecular weight is 226 g/mol. The van der Waals surface area contributed by atoms with Gasteiger partial charge in [-0.3, -0.25) is 0 Å². The molecular weight excluding hydrogens is 219 g/mol. The topological polar surface area (TPSA) is 37.8 Å². The Kier molecular flexibility index (Phi) is 3.51. The maximum atomic E-state index is 11.8. The van der Waals surface area contributed by atoms with E-state index in [9.17, 15) is 13.2 Å². The first-order valence-electron chi connectivity index (χ1n) is 3.75. The third-order valence-corrected chi connectivity index (χ3v) is 1.65.